The highest BCUT2D eigenvalue weighted by Crippen LogP contribution is 2.21. The molecule has 0 bridgehead atoms. The van der Waals surface area contributed by atoms with Gasteiger partial charge in [-0.3, -0.25) is 4.79 Å². The van der Waals surface area contributed by atoms with Crippen LogP contribution in [0.5, 0.6) is 0 Å². The molecule has 2 amide bonds. The number of rotatable bonds is 7. The van der Waals surface area contributed by atoms with Gasteiger partial charge < -0.3 is 20.1 Å². The Hall–Kier alpha value is -1.30. The highest BCUT2D eigenvalue weighted by Gasteiger charge is 2.27. The second kappa shape index (κ2) is 7.99. The minimum atomic E-state index is -0.769. The van der Waals surface area contributed by atoms with Crippen molar-refractivity contribution in [3.05, 3.63) is 0 Å². The Morgan fingerprint density at radius 1 is 1.53 bits per heavy atom. The fourth-order valence-corrected chi connectivity index (χ4v) is 2.31. The molecule has 1 heterocycles. The summed E-state index contributed by atoms with van der Waals surface area (Å²) in [6.45, 7) is 3.88. The van der Waals surface area contributed by atoms with Crippen LogP contribution in [0.25, 0.3) is 0 Å². The number of urea groups is 1. The van der Waals surface area contributed by atoms with Crippen molar-refractivity contribution in [2.75, 3.05) is 26.8 Å². The average molecular weight is 272 g/mol. The molecule has 0 spiro atoms. The Labute approximate surface area is 114 Å². The lowest BCUT2D eigenvalue weighted by molar-refractivity contribution is -0.137. The summed E-state index contributed by atoms with van der Waals surface area (Å²) in [4.78, 5) is 24.3. The summed E-state index contributed by atoms with van der Waals surface area (Å²) in [6, 6.07) is -0.0303. The molecule has 2 N–H and O–H groups in total. The van der Waals surface area contributed by atoms with Crippen molar-refractivity contribution in [1.82, 2.24) is 10.2 Å². The number of ether oxygens (including phenoxy) is 1. The van der Waals surface area contributed by atoms with Gasteiger partial charge in [0.05, 0.1) is 12.6 Å². The van der Waals surface area contributed by atoms with E-state index in [1.807, 2.05) is 6.92 Å². The number of carboxylic acid groups (broad SMARTS) is 1. The molecular weight excluding hydrogens is 248 g/mol. The molecule has 0 aromatic rings. The van der Waals surface area contributed by atoms with Gasteiger partial charge in [-0.2, -0.15) is 0 Å². The van der Waals surface area contributed by atoms with Crippen molar-refractivity contribution in [3.8, 4) is 0 Å². The van der Waals surface area contributed by atoms with Crippen molar-refractivity contribution >= 4 is 12.0 Å². The molecule has 1 rings (SSSR count). The van der Waals surface area contributed by atoms with Gasteiger partial charge in [0.25, 0.3) is 0 Å². The van der Waals surface area contributed by atoms with Crippen LogP contribution >= 0.6 is 0 Å². The van der Waals surface area contributed by atoms with Crippen molar-refractivity contribution < 1.29 is 19.4 Å². The molecule has 1 fully saturated rings. The first-order valence-corrected chi connectivity index (χ1v) is 6.83. The highest BCUT2D eigenvalue weighted by atomic mass is 16.5. The number of nitrogens with one attached hydrogen (secondary N) is 1. The SMILES string of the molecule is CCC(COC)NC(=O)N1CCC(CCC(=O)O)C1. The van der Waals surface area contributed by atoms with Crippen molar-refractivity contribution in [2.45, 2.75) is 38.6 Å². The molecule has 110 valence electrons. The minimum absolute atomic E-state index is 0.0376. The van der Waals surface area contributed by atoms with E-state index in [1.165, 1.54) is 0 Å². The normalized spacial score (nSPS) is 20.3. The van der Waals surface area contributed by atoms with Crippen LogP contribution in [0.4, 0.5) is 4.79 Å². The summed E-state index contributed by atoms with van der Waals surface area (Å²) in [6.07, 6.45) is 2.55. The van der Waals surface area contributed by atoms with E-state index in [0.717, 1.165) is 12.8 Å². The molecule has 0 aromatic carbocycles. The molecule has 1 aliphatic heterocycles. The molecule has 19 heavy (non-hydrogen) atoms. The Balaban J connectivity index is 2.32. The first-order valence-electron chi connectivity index (χ1n) is 6.83. The van der Waals surface area contributed by atoms with Gasteiger partial charge in [0.2, 0.25) is 0 Å². The van der Waals surface area contributed by atoms with Crippen LogP contribution in [0.3, 0.4) is 0 Å². The van der Waals surface area contributed by atoms with E-state index >= 15 is 0 Å². The van der Waals surface area contributed by atoms with E-state index in [4.69, 9.17) is 9.84 Å². The number of carbonyl (C=O) groups is 2. The van der Waals surface area contributed by atoms with Gasteiger partial charge in [0.15, 0.2) is 0 Å². The lowest BCUT2D eigenvalue weighted by Gasteiger charge is -2.22. The van der Waals surface area contributed by atoms with E-state index in [1.54, 1.807) is 12.0 Å². The third-order valence-electron chi connectivity index (χ3n) is 3.53. The second-order valence-corrected chi connectivity index (χ2v) is 5.04. The Morgan fingerprint density at radius 3 is 2.84 bits per heavy atom. The highest BCUT2D eigenvalue weighted by molar-refractivity contribution is 5.74. The van der Waals surface area contributed by atoms with E-state index in [2.05, 4.69) is 5.32 Å². The van der Waals surface area contributed by atoms with Crippen molar-refractivity contribution in [3.63, 3.8) is 0 Å². The van der Waals surface area contributed by atoms with Gasteiger partial charge >= 0.3 is 12.0 Å². The summed E-state index contributed by atoms with van der Waals surface area (Å²) >= 11 is 0. The van der Waals surface area contributed by atoms with Crippen LogP contribution in [-0.2, 0) is 9.53 Å². The van der Waals surface area contributed by atoms with Gasteiger partial charge in [-0.15, -0.1) is 0 Å². The zero-order valence-electron chi connectivity index (χ0n) is 11.7. The number of likely N-dealkylation sites (tertiary alicyclic amines) is 1. The van der Waals surface area contributed by atoms with Crippen LogP contribution < -0.4 is 5.32 Å². The van der Waals surface area contributed by atoms with E-state index in [-0.39, 0.29) is 18.5 Å². The number of hydrogen-bond donors (Lipinski definition) is 2. The van der Waals surface area contributed by atoms with E-state index in [9.17, 15) is 9.59 Å². The zero-order chi connectivity index (χ0) is 14.3. The molecule has 6 nitrogen and oxygen atoms in total. The first-order chi connectivity index (χ1) is 9.06. The third kappa shape index (κ3) is 5.46. The number of hydrogen-bond acceptors (Lipinski definition) is 3. The van der Waals surface area contributed by atoms with Crippen LogP contribution in [0, 0.1) is 5.92 Å². The number of carboxylic acids is 1. The predicted octanol–water partition coefficient (Wildman–Crippen LogP) is 1.31. The van der Waals surface area contributed by atoms with Crippen LogP contribution in [-0.4, -0.2) is 54.9 Å². The fraction of sp³-hybridized carbons (Fsp3) is 0.846. The Morgan fingerprint density at radius 2 is 2.26 bits per heavy atom. The summed E-state index contributed by atoms with van der Waals surface area (Å²) < 4.78 is 5.05. The molecule has 0 radical (unpaired) electrons. The lowest BCUT2D eigenvalue weighted by Crippen LogP contribution is -2.45. The van der Waals surface area contributed by atoms with Gasteiger partial charge in [-0.25, -0.2) is 4.79 Å². The summed E-state index contributed by atoms with van der Waals surface area (Å²) in [5.74, 6) is -0.460. The molecule has 2 atom stereocenters. The second-order valence-electron chi connectivity index (χ2n) is 5.04. The number of aliphatic carboxylic acids is 1. The monoisotopic (exact) mass is 272 g/mol. The Kier molecular flexibility index (Phi) is 6.62. The van der Waals surface area contributed by atoms with Gasteiger partial charge in [0, 0.05) is 26.6 Å². The zero-order valence-corrected chi connectivity index (χ0v) is 11.7. The van der Waals surface area contributed by atoms with E-state index < -0.39 is 5.97 Å². The Bertz CT molecular complexity index is 309. The predicted molar refractivity (Wildman–Crippen MR) is 71.0 cm³/mol. The molecular formula is C13H24N2O4. The summed E-state index contributed by atoms with van der Waals surface area (Å²) in [5, 5.41) is 11.6. The van der Waals surface area contributed by atoms with Gasteiger partial charge in [0.1, 0.15) is 0 Å². The van der Waals surface area contributed by atoms with Crippen molar-refractivity contribution in [1.29, 1.82) is 0 Å². The first kappa shape index (κ1) is 15.8. The third-order valence-corrected chi connectivity index (χ3v) is 3.53. The molecule has 2 unspecified atom stereocenters. The fourth-order valence-electron chi connectivity index (χ4n) is 2.31. The van der Waals surface area contributed by atoms with Crippen LogP contribution in [0.2, 0.25) is 0 Å². The number of amides is 2. The average Bonchev–Trinajstić information content (AvgIpc) is 2.84. The maximum absolute atomic E-state index is 12.0. The van der Waals surface area contributed by atoms with Crippen LogP contribution in [0.15, 0.2) is 0 Å². The maximum atomic E-state index is 12.0. The lowest BCUT2D eigenvalue weighted by atomic mass is 10.0. The van der Waals surface area contributed by atoms with Gasteiger partial charge in [-0.05, 0) is 25.2 Å². The minimum Gasteiger partial charge on any atom is -0.481 e. The molecule has 1 aliphatic rings. The molecule has 0 aliphatic carbocycles. The van der Waals surface area contributed by atoms with Crippen LogP contribution in [0.1, 0.15) is 32.6 Å². The summed E-state index contributed by atoms with van der Waals surface area (Å²) in [7, 11) is 1.62. The quantitative estimate of drug-likeness (QED) is 0.732. The topological polar surface area (TPSA) is 78.9 Å². The smallest absolute Gasteiger partial charge is 0.317 e. The van der Waals surface area contributed by atoms with E-state index in [0.29, 0.717) is 32.0 Å². The number of nitrogens with zero attached hydrogens (tertiary/aromatic N) is 1. The largest absolute Gasteiger partial charge is 0.481 e. The van der Waals surface area contributed by atoms with Crippen molar-refractivity contribution in [2.24, 2.45) is 5.92 Å². The van der Waals surface area contributed by atoms with Gasteiger partial charge in [-0.1, -0.05) is 6.92 Å². The molecule has 6 heteroatoms. The molecule has 1 saturated heterocycles. The number of methoxy groups -OCH3 is 1. The molecule has 0 aromatic heterocycles. The molecule has 0 saturated carbocycles. The maximum Gasteiger partial charge on any atom is 0.317 e. The number of carbonyl (C=O) groups excluding carboxylic acids is 1. The summed E-state index contributed by atoms with van der Waals surface area (Å²) in [5.41, 5.74) is 0. The standard InChI is InChI=1S/C13H24N2O4/c1-3-11(9-19-2)14-13(18)15-7-6-10(8-15)4-5-12(16)17/h10-11H,3-9H2,1-2H3,(H,14,18)(H,16,17).